The summed E-state index contributed by atoms with van der Waals surface area (Å²) < 4.78 is 5.19. The van der Waals surface area contributed by atoms with E-state index in [0.717, 1.165) is 18.4 Å². The zero-order valence-electron chi connectivity index (χ0n) is 12.0. The molecule has 106 valence electrons. The highest BCUT2D eigenvalue weighted by atomic mass is 16.5. The SMILES string of the molecule is CCCc1ccc(C(O)c2cccc(OC)c2N)cc1. The fraction of sp³-hybridized carbons (Fsp3) is 0.294. The molecule has 3 heteroatoms. The van der Waals surface area contributed by atoms with Gasteiger partial charge in [-0.2, -0.15) is 0 Å². The number of para-hydroxylation sites is 1. The van der Waals surface area contributed by atoms with Crippen LogP contribution in [0.5, 0.6) is 5.75 Å². The summed E-state index contributed by atoms with van der Waals surface area (Å²) >= 11 is 0. The van der Waals surface area contributed by atoms with Gasteiger partial charge >= 0.3 is 0 Å². The second-order valence-corrected chi connectivity index (χ2v) is 4.86. The van der Waals surface area contributed by atoms with E-state index in [0.29, 0.717) is 17.0 Å². The van der Waals surface area contributed by atoms with Crippen molar-refractivity contribution in [2.24, 2.45) is 0 Å². The van der Waals surface area contributed by atoms with Crippen molar-refractivity contribution in [3.05, 3.63) is 59.2 Å². The van der Waals surface area contributed by atoms with Crippen molar-refractivity contribution < 1.29 is 9.84 Å². The van der Waals surface area contributed by atoms with E-state index >= 15 is 0 Å². The van der Waals surface area contributed by atoms with Gasteiger partial charge in [0.1, 0.15) is 11.9 Å². The number of hydrogen-bond acceptors (Lipinski definition) is 3. The molecule has 3 N–H and O–H groups in total. The van der Waals surface area contributed by atoms with Gasteiger partial charge in [-0.1, -0.05) is 49.7 Å². The second-order valence-electron chi connectivity index (χ2n) is 4.86. The van der Waals surface area contributed by atoms with Gasteiger partial charge in [0.05, 0.1) is 12.8 Å². The van der Waals surface area contributed by atoms with Gasteiger partial charge in [-0.05, 0) is 23.6 Å². The number of rotatable bonds is 5. The molecule has 0 saturated carbocycles. The van der Waals surface area contributed by atoms with Crippen molar-refractivity contribution in [1.29, 1.82) is 0 Å². The monoisotopic (exact) mass is 271 g/mol. The Labute approximate surface area is 120 Å². The van der Waals surface area contributed by atoms with E-state index in [4.69, 9.17) is 10.5 Å². The van der Waals surface area contributed by atoms with Gasteiger partial charge < -0.3 is 15.6 Å². The van der Waals surface area contributed by atoms with E-state index in [9.17, 15) is 5.11 Å². The molecular formula is C17H21NO2. The van der Waals surface area contributed by atoms with Crippen LogP contribution in [0, 0.1) is 0 Å². The maximum absolute atomic E-state index is 10.5. The summed E-state index contributed by atoms with van der Waals surface area (Å²) in [6.07, 6.45) is 1.43. The molecule has 0 aliphatic carbocycles. The third-order valence-corrected chi connectivity index (χ3v) is 3.45. The fourth-order valence-electron chi connectivity index (χ4n) is 2.31. The summed E-state index contributed by atoms with van der Waals surface area (Å²) in [6, 6.07) is 13.5. The predicted octanol–water partition coefficient (Wildman–Crippen LogP) is 3.31. The number of ether oxygens (including phenoxy) is 1. The molecule has 0 aliphatic heterocycles. The van der Waals surface area contributed by atoms with Crippen molar-refractivity contribution >= 4 is 5.69 Å². The molecule has 3 nitrogen and oxygen atoms in total. The lowest BCUT2D eigenvalue weighted by Gasteiger charge is -2.16. The van der Waals surface area contributed by atoms with Crippen molar-refractivity contribution in [1.82, 2.24) is 0 Å². The molecule has 0 fully saturated rings. The molecule has 0 amide bonds. The molecule has 20 heavy (non-hydrogen) atoms. The maximum Gasteiger partial charge on any atom is 0.142 e. The van der Waals surface area contributed by atoms with E-state index in [2.05, 4.69) is 19.1 Å². The summed E-state index contributed by atoms with van der Waals surface area (Å²) in [5.41, 5.74) is 9.30. The molecule has 1 atom stereocenters. The molecule has 0 aromatic heterocycles. The van der Waals surface area contributed by atoms with Crippen LogP contribution in [0.15, 0.2) is 42.5 Å². The first kappa shape index (κ1) is 14.4. The lowest BCUT2D eigenvalue weighted by atomic mass is 9.98. The molecule has 0 heterocycles. The van der Waals surface area contributed by atoms with Crippen LogP contribution in [0.25, 0.3) is 0 Å². The average Bonchev–Trinajstić information content (AvgIpc) is 2.48. The Hall–Kier alpha value is -2.00. The van der Waals surface area contributed by atoms with E-state index in [1.807, 2.05) is 24.3 Å². The van der Waals surface area contributed by atoms with Gasteiger partial charge in [0.2, 0.25) is 0 Å². The minimum Gasteiger partial charge on any atom is -0.495 e. The number of aryl methyl sites for hydroxylation is 1. The number of aliphatic hydroxyl groups is 1. The Balaban J connectivity index is 2.29. The molecule has 2 aromatic carbocycles. The van der Waals surface area contributed by atoms with Crippen molar-refractivity contribution in [3.8, 4) is 5.75 Å². The van der Waals surface area contributed by atoms with Crippen LogP contribution in [0.3, 0.4) is 0 Å². The number of anilines is 1. The summed E-state index contributed by atoms with van der Waals surface area (Å²) in [5.74, 6) is 0.587. The van der Waals surface area contributed by atoms with Crippen molar-refractivity contribution in [3.63, 3.8) is 0 Å². The Morgan fingerprint density at radius 3 is 2.45 bits per heavy atom. The standard InChI is InChI=1S/C17H21NO2/c1-3-5-12-8-10-13(11-9-12)17(19)14-6-4-7-15(20-2)16(14)18/h4,6-11,17,19H,3,5,18H2,1-2H3. The van der Waals surface area contributed by atoms with Gasteiger partial charge in [-0.15, -0.1) is 0 Å². The molecule has 1 unspecified atom stereocenters. The zero-order chi connectivity index (χ0) is 14.5. The Kier molecular flexibility index (Phi) is 4.64. The highest BCUT2D eigenvalue weighted by Crippen LogP contribution is 2.32. The number of benzene rings is 2. The minimum absolute atomic E-state index is 0.486. The molecule has 0 saturated heterocycles. The van der Waals surface area contributed by atoms with Crippen molar-refractivity contribution in [2.45, 2.75) is 25.9 Å². The van der Waals surface area contributed by atoms with Gasteiger partial charge in [0.15, 0.2) is 0 Å². The lowest BCUT2D eigenvalue weighted by Crippen LogP contribution is -2.05. The Morgan fingerprint density at radius 2 is 1.85 bits per heavy atom. The topological polar surface area (TPSA) is 55.5 Å². The number of methoxy groups -OCH3 is 1. The van der Waals surface area contributed by atoms with Crippen LogP contribution in [0.1, 0.15) is 36.1 Å². The first-order valence-electron chi connectivity index (χ1n) is 6.86. The first-order valence-corrected chi connectivity index (χ1v) is 6.86. The van der Waals surface area contributed by atoms with Gasteiger partial charge in [0.25, 0.3) is 0 Å². The Morgan fingerprint density at radius 1 is 1.15 bits per heavy atom. The van der Waals surface area contributed by atoms with Crippen LogP contribution >= 0.6 is 0 Å². The van der Waals surface area contributed by atoms with Crippen LogP contribution < -0.4 is 10.5 Å². The summed E-state index contributed by atoms with van der Waals surface area (Å²) in [7, 11) is 1.57. The zero-order valence-corrected chi connectivity index (χ0v) is 12.0. The third kappa shape index (κ3) is 2.94. The predicted molar refractivity (Wildman–Crippen MR) is 81.9 cm³/mol. The largest absolute Gasteiger partial charge is 0.495 e. The minimum atomic E-state index is -0.735. The smallest absolute Gasteiger partial charge is 0.142 e. The lowest BCUT2D eigenvalue weighted by molar-refractivity contribution is 0.220. The first-order chi connectivity index (χ1) is 9.67. The highest BCUT2D eigenvalue weighted by molar-refractivity contribution is 5.60. The number of nitrogens with two attached hydrogens (primary N) is 1. The molecule has 2 rings (SSSR count). The number of hydrogen-bond donors (Lipinski definition) is 2. The average molecular weight is 271 g/mol. The Bertz CT molecular complexity index is 564. The summed E-state index contributed by atoms with van der Waals surface area (Å²) in [4.78, 5) is 0. The molecule has 0 aliphatic rings. The molecule has 0 bridgehead atoms. The molecular weight excluding hydrogens is 250 g/mol. The van der Waals surface area contributed by atoms with Crippen LogP contribution in [-0.4, -0.2) is 12.2 Å². The van der Waals surface area contributed by atoms with Crippen molar-refractivity contribution in [2.75, 3.05) is 12.8 Å². The summed E-state index contributed by atoms with van der Waals surface area (Å²) in [6.45, 7) is 2.15. The van der Waals surface area contributed by atoms with Gasteiger partial charge in [-0.25, -0.2) is 0 Å². The van der Waals surface area contributed by atoms with E-state index < -0.39 is 6.10 Å². The van der Waals surface area contributed by atoms with Gasteiger partial charge in [-0.3, -0.25) is 0 Å². The number of nitrogen functional groups attached to an aromatic ring is 1. The van der Waals surface area contributed by atoms with Crippen LogP contribution in [-0.2, 0) is 6.42 Å². The van der Waals surface area contributed by atoms with E-state index in [-0.39, 0.29) is 0 Å². The normalized spacial score (nSPS) is 12.2. The number of aliphatic hydroxyl groups excluding tert-OH is 1. The highest BCUT2D eigenvalue weighted by Gasteiger charge is 2.15. The molecule has 0 radical (unpaired) electrons. The quantitative estimate of drug-likeness (QED) is 0.820. The van der Waals surface area contributed by atoms with Crippen LogP contribution in [0.4, 0.5) is 5.69 Å². The summed E-state index contributed by atoms with van der Waals surface area (Å²) in [5, 5.41) is 10.5. The van der Waals surface area contributed by atoms with Gasteiger partial charge in [0, 0.05) is 5.56 Å². The second kappa shape index (κ2) is 6.44. The fourth-order valence-corrected chi connectivity index (χ4v) is 2.31. The molecule has 0 spiro atoms. The molecule has 2 aromatic rings. The van der Waals surface area contributed by atoms with Crippen LogP contribution in [0.2, 0.25) is 0 Å². The van der Waals surface area contributed by atoms with E-state index in [1.165, 1.54) is 5.56 Å². The maximum atomic E-state index is 10.5. The van der Waals surface area contributed by atoms with E-state index in [1.54, 1.807) is 13.2 Å². The third-order valence-electron chi connectivity index (χ3n) is 3.45.